The van der Waals surface area contributed by atoms with Crippen molar-refractivity contribution in [2.75, 3.05) is 20.3 Å². The van der Waals surface area contributed by atoms with Crippen molar-refractivity contribution in [1.82, 2.24) is 10.6 Å². The fourth-order valence-electron chi connectivity index (χ4n) is 4.83. The van der Waals surface area contributed by atoms with Crippen molar-refractivity contribution < 1.29 is 23.9 Å². The van der Waals surface area contributed by atoms with Crippen molar-refractivity contribution in [1.29, 1.82) is 0 Å². The number of esters is 1. The number of carbonyl (C=O) groups excluding carboxylic acids is 3. The molecule has 0 heterocycles. The highest BCUT2D eigenvalue weighted by atomic mass is 35.5. The summed E-state index contributed by atoms with van der Waals surface area (Å²) < 4.78 is 10.5. The Morgan fingerprint density at radius 2 is 1.78 bits per heavy atom. The Bertz CT molecular complexity index is 1010. The fourth-order valence-corrected chi connectivity index (χ4v) is 5.40. The lowest BCUT2D eigenvalue weighted by Crippen LogP contribution is -2.49. The third-order valence-corrected chi connectivity index (χ3v) is 7.50. The molecule has 3 rings (SSSR count). The maximum atomic E-state index is 13.3. The van der Waals surface area contributed by atoms with E-state index in [9.17, 15) is 14.4 Å². The average molecular weight is 537 g/mol. The molecule has 1 aromatic rings. The van der Waals surface area contributed by atoms with E-state index in [-0.39, 0.29) is 34.0 Å². The van der Waals surface area contributed by atoms with Gasteiger partial charge >= 0.3 is 5.97 Å². The van der Waals surface area contributed by atoms with Crippen LogP contribution in [0.2, 0.25) is 10.0 Å². The van der Waals surface area contributed by atoms with Crippen LogP contribution >= 0.6 is 23.2 Å². The molecule has 36 heavy (non-hydrogen) atoms. The van der Waals surface area contributed by atoms with Crippen LogP contribution in [0.25, 0.3) is 0 Å². The number of nitrogens with one attached hydrogen (secondary N) is 2. The van der Waals surface area contributed by atoms with Gasteiger partial charge in [0, 0.05) is 19.4 Å². The van der Waals surface area contributed by atoms with Gasteiger partial charge in [-0.15, -0.1) is 0 Å². The quantitative estimate of drug-likeness (QED) is 0.371. The minimum atomic E-state index is -0.768. The molecule has 1 saturated carbocycles. The minimum Gasteiger partial charge on any atom is -0.464 e. The van der Waals surface area contributed by atoms with Gasteiger partial charge in [-0.05, 0) is 63.7 Å². The van der Waals surface area contributed by atoms with E-state index in [1.807, 2.05) is 12.2 Å². The number of amides is 2. The Morgan fingerprint density at radius 1 is 1.08 bits per heavy atom. The predicted octanol–water partition coefficient (Wildman–Crippen LogP) is 5.36. The van der Waals surface area contributed by atoms with Crippen molar-refractivity contribution in [2.24, 2.45) is 5.41 Å². The van der Waals surface area contributed by atoms with Gasteiger partial charge in [0.25, 0.3) is 5.91 Å². The van der Waals surface area contributed by atoms with Gasteiger partial charge in [-0.3, -0.25) is 9.59 Å². The van der Waals surface area contributed by atoms with E-state index in [1.165, 1.54) is 0 Å². The Labute approximate surface area is 222 Å². The molecule has 1 unspecified atom stereocenters. The normalized spacial score (nSPS) is 17.6. The van der Waals surface area contributed by atoms with E-state index in [0.29, 0.717) is 32.3 Å². The fraction of sp³-hybridized carbons (Fsp3) is 0.519. The van der Waals surface area contributed by atoms with Crippen LogP contribution in [-0.2, 0) is 19.1 Å². The predicted molar refractivity (Wildman–Crippen MR) is 140 cm³/mol. The number of carbonyl (C=O) groups is 3. The van der Waals surface area contributed by atoms with Gasteiger partial charge < -0.3 is 20.1 Å². The lowest BCUT2D eigenvalue weighted by atomic mass is 9.81. The monoisotopic (exact) mass is 536 g/mol. The third-order valence-electron chi connectivity index (χ3n) is 6.87. The molecule has 0 bridgehead atoms. The SMILES string of the molecule is CCOC(=O)C(CC1=CC=C(NC(=O)c2c(Cl)cccc2Cl)CC1)NC(=O)C1(CCOC)CCCC1. The van der Waals surface area contributed by atoms with E-state index in [1.54, 1.807) is 32.2 Å². The van der Waals surface area contributed by atoms with E-state index in [0.717, 1.165) is 37.0 Å². The van der Waals surface area contributed by atoms with Gasteiger partial charge in [0.1, 0.15) is 6.04 Å². The van der Waals surface area contributed by atoms with Crippen LogP contribution in [0.4, 0.5) is 0 Å². The van der Waals surface area contributed by atoms with Crippen LogP contribution in [0.15, 0.2) is 41.6 Å². The number of rotatable bonds is 11. The zero-order chi connectivity index (χ0) is 26.1. The standard InChI is InChI=1S/C27H34Cl2N2O5/c1-3-36-25(33)22(31-26(34)27(15-16-35-2)13-4-5-14-27)17-18-9-11-19(12-10-18)30-24(32)23-20(28)7-6-8-21(23)29/h6-9,11,22H,3-5,10,12-17H2,1-2H3,(H,30,32)(H,31,34). The second kappa shape index (κ2) is 13.3. The highest BCUT2D eigenvalue weighted by Gasteiger charge is 2.42. The van der Waals surface area contributed by atoms with Crippen LogP contribution in [0.5, 0.6) is 0 Å². The molecule has 2 amide bonds. The summed E-state index contributed by atoms with van der Waals surface area (Å²) in [5, 5.41) is 6.42. The topological polar surface area (TPSA) is 93.7 Å². The summed E-state index contributed by atoms with van der Waals surface area (Å²) in [6, 6.07) is 4.14. The van der Waals surface area contributed by atoms with Gasteiger partial charge in [0.2, 0.25) is 5.91 Å². The van der Waals surface area contributed by atoms with Crippen LogP contribution in [0.1, 0.15) is 68.6 Å². The third kappa shape index (κ3) is 7.11. The first kappa shape index (κ1) is 28.2. The van der Waals surface area contributed by atoms with Crippen molar-refractivity contribution in [3.8, 4) is 0 Å². The zero-order valence-corrected chi connectivity index (χ0v) is 22.3. The number of hydrogen-bond donors (Lipinski definition) is 2. The number of hydrogen-bond acceptors (Lipinski definition) is 5. The molecule has 9 heteroatoms. The molecule has 1 atom stereocenters. The summed E-state index contributed by atoms with van der Waals surface area (Å²) in [6.07, 6.45) is 9.43. The highest BCUT2D eigenvalue weighted by molar-refractivity contribution is 6.39. The molecular formula is C27H34Cl2N2O5. The van der Waals surface area contributed by atoms with Crippen LogP contribution < -0.4 is 10.6 Å². The van der Waals surface area contributed by atoms with Gasteiger partial charge in [-0.1, -0.05) is 53.8 Å². The van der Waals surface area contributed by atoms with Crippen LogP contribution in [0, 0.1) is 5.41 Å². The molecule has 0 spiro atoms. The average Bonchev–Trinajstić information content (AvgIpc) is 3.34. The molecule has 0 radical (unpaired) electrons. The maximum Gasteiger partial charge on any atom is 0.328 e. The molecule has 2 aliphatic rings. The number of halogens is 2. The summed E-state index contributed by atoms with van der Waals surface area (Å²) >= 11 is 12.3. The molecule has 0 saturated heterocycles. The number of allylic oxidation sites excluding steroid dienone is 3. The first-order valence-electron chi connectivity index (χ1n) is 12.4. The Morgan fingerprint density at radius 3 is 2.36 bits per heavy atom. The minimum absolute atomic E-state index is 0.105. The zero-order valence-electron chi connectivity index (χ0n) is 20.8. The molecule has 1 fully saturated rings. The highest BCUT2D eigenvalue weighted by Crippen LogP contribution is 2.41. The molecule has 0 aliphatic heterocycles. The lowest BCUT2D eigenvalue weighted by molar-refractivity contribution is -0.149. The smallest absolute Gasteiger partial charge is 0.328 e. The van der Waals surface area contributed by atoms with Crippen molar-refractivity contribution in [3.05, 3.63) is 57.2 Å². The van der Waals surface area contributed by atoms with Crippen molar-refractivity contribution >= 4 is 41.0 Å². The first-order chi connectivity index (χ1) is 17.3. The summed E-state index contributed by atoms with van der Waals surface area (Å²) in [7, 11) is 1.63. The number of methoxy groups -OCH3 is 1. The maximum absolute atomic E-state index is 13.3. The molecule has 2 aliphatic carbocycles. The number of ether oxygens (including phenoxy) is 2. The van der Waals surface area contributed by atoms with Crippen molar-refractivity contribution in [2.45, 2.75) is 64.3 Å². The van der Waals surface area contributed by atoms with Crippen LogP contribution in [0.3, 0.4) is 0 Å². The molecule has 2 N–H and O–H groups in total. The lowest BCUT2D eigenvalue weighted by Gasteiger charge is -2.30. The molecular weight excluding hydrogens is 503 g/mol. The summed E-state index contributed by atoms with van der Waals surface area (Å²) in [5.41, 5.74) is 1.44. The van der Waals surface area contributed by atoms with Gasteiger partial charge in [0.15, 0.2) is 0 Å². The van der Waals surface area contributed by atoms with E-state index in [2.05, 4.69) is 10.6 Å². The molecule has 0 aromatic heterocycles. The Hall–Kier alpha value is -2.35. The van der Waals surface area contributed by atoms with Crippen LogP contribution in [-0.4, -0.2) is 44.1 Å². The largest absolute Gasteiger partial charge is 0.464 e. The number of benzene rings is 1. The summed E-state index contributed by atoms with van der Waals surface area (Å²) in [5.74, 6) is -0.919. The first-order valence-corrected chi connectivity index (χ1v) is 13.2. The Kier molecular flexibility index (Phi) is 10.4. The Balaban J connectivity index is 1.68. The van der Waals surface area contributed by atoms with Gasteiger partial charge in [-0.2, -0.15) is 0 Å². The van der Waals surface area contributed by atoms with E-state index >= 15 is 0 Å². The summed E-state index contributed by atoms with van der Waals surface area (Å²) in [6.45, 7) is 2.48. The second-order valence-electron chi connectivity index (χ2n) is 9.28. The van der Waals surface area contributed by atoms with Crippen molar-refractivity contribution in [3.63, 3.8) is 0 Å². The molecule has 7 nitrogen and oxygen atoms in total. The second-order valence-corrected chi connectivity index (χ2v) is 10.1. The summed E-state index contributed by atoms with van der Waals surface area (Å²) in [4.78, 5) is 38.7. The molecule has 196 valence electrons. The van der Waals surface area contributed by atoms with Gasteiger partial charge in [-0.25, -0.2) is 4.79 Å². The van der Waals surface area contributed by atoms with E-state index in [4.69, 9.17) is 32.7 Å². The molecule has 1 aromatic carbocycles. The van der Waals surface area contributed by atoms with Gasteiger partial charge in [0.05, 0.1) is 27.6 Å². The van der Waals surface area contributed by atoms with E-state index < -0.39 is 17.4 Å².